The molecule has 3 rings (SSSR count). The summed E-state index contributed by atoms with van der Waals surface area (Å²) in [5.74, 6) is 0.103. The van der Waals surface area contributed by atoms with E-state index in [2.05, 4.69) is 10.3 Å². The van der Waals surface area contributed by atoms with E-state index >= 15 is 0 Å². The Morgan fingerprint density at radius 2 is 2.25 bits per heavy atom. The summed E-state index contributed by atoms with van der Waals surface area (Å²) in [6, 6.07) is 5.76. The molecule has 0 bridgehead atoms. The first kappa shape index (κ1) is 13.1. The fourth-order valence-corrected chi connectivity index (χ4v) is 2.96. The van der Waals surface area contributed by atoms with E-state index in [-0.39, 0.29) is 0 Å². The van der Waals surface area contributed by atoms with Crippen LogP contribution >= 0.6 is 0 Å². The number of nitrogens with one attached hydrogen (secondary N) is 1. The van der Waals surface area contributed by atoms with Crippen molar-refractivity contribution in [1.29, 1.82) is 0 Å². The average Bonchev–Trinajstić information content (AvgIpc) is 3.05. The molecule has 0 aromatic carbocycles. The Morgan fingerprint density at radius 3 is 2.95 bits per heavy atom. The summed E-state index contributed by atoms with van der Waals surface area (Å²) in [5.41, 5.74) is 0.0303. The van der Waals surface area contributed by atoms with Crippen LogP contribution in [0.3, 0.4) is 0 Å². The highest BCUT2D eigenvalue weighted by Gasteiger charge is 2.40. The third kappa shape index (κ3) is 2.41. The Hall–Kier alpha value is -1.88. The number of aromatic nitrogens is 1. The lowest BCUT2D eigenvalue weighted by Gasteiger charge is -2.23. The fourth-order valence-electron chi connectivity index (χ4n) is 2.96. The highest BCUT2D eigenvalue weighted by atomic mass is 16.4. The van der Waals surface area contributed by atoms with E-state index in [1.165, 1.54) is 0 Å². The first-order valence-electron chi connectivity index (χ1n) is 6.97. The Balaban J connectivity index is 1.63. The molecule has 0 atom stereocenters. The number of carbonyl (C=O) groups is 1. The van der Waals surface area contributed by atoms with E-state index in [4.69, 9.17) is 4.42 Å². The minimum atomic E-state index is -0.686. The third-order valence-corrected chi connectivity index (χ3v) is 4.12. The minimum absolute atomic E-state index is 0.493. The van der Waals surface area contributed by atoms with Crippen molar-refractivity contribution in [1.82, 2.24) is 10.3 Å². The number of furan rings is 1. The van der Waals surface area contributed by atoms with E-state index in [1.807, 2.05) is 18.2 Å². The summed E-state index contributed by atoms with van der Waals surface area (Å²) < 4.78 is 5.61. The highest BCUT2D eigenvalue weighted by Crippen LogP contribution is 2.37. The Labute approximate surface area is 117 Å². The molecule has 0 spiro atoms. The van der Waals surface area contributed by atoms with Crippen molar-refractivity contribution in [2.24, 2.45) is 5.41 Å². The van der Waals surface area contributed by atoms with Gasteiger partial charge in [0.25, 0.3) is 0 Å². The second-order valence-electron chi connectivity index (χ2n) is 5.51. The quantitative estimate of drug-likeness (QED) is 0.876. The zero-order valence-corrected chi connectivity index (χ0v) is 11.3. The van der Waals surface area contributed by atoms with Crippen LogP contribution in [0.25, 0.3) is 11.1 Å². The average molecular weight is 274 g/mol. The summed E-state index contributed by atoms with van der Waals surface area (Å²) in [5, 5.41) is 13.6. The highest BCUT2D eigenvalue weighted by molar-refractivity contribution is 5.75. The van der Waals surface area contributed by atoms with Crippen LogP contribution < -0.4 is 5.32 Å². The molecule has 0 amide bonds. The lowest BCUT2D eigenvalue weighted by Crippen LogP contribution is -2.38. The first-order chi connectivity index (χ1) is 9.70. The Kier molecular flexibility index (Phi) is 3.44. The number of carboxylic acid groups (broad SMARTS) is 1. The van der Waals surface area contributed by atoms with Gasteiger partial charge in [0, 0.05) is 18.1 Å². The van der Waals surface area contributed by atoms with Gasteiger partial charge in [-0.15, -0.1) is 0 Å². The van der Waals surface area contributed by atoms with Gasteiger partial charge in [-0.05, 0) is 31.0 Å². The van der Waals surface area contributed by atoms with E-state index in [1.54, 1.807) is 6.20 Å². The predicted molar refractivity (Wildman–Crippen MR) is 74.3 cm³/mol. The van der Waals surface area contributed by atoms with Crippen molar-refractivity contribution in [3.05, 3.63) is 30.2 Å². The lowest BCUT2D eigenvalue weighted by atomic mass is 9.86. The third-order valence-electron chi connectivity index (χ3n) is 4.12. The molecule has 0 aliphatic heterocycles. The number of nitrogens with zero attached hydrogens (tertiary/aromatic N) is 1. The van der Waals surface area contributed by atoms with Crippen LogP contribution in [0.1, 0.15) is 31.4 Å². The molecule has 0 saturated heterocycles. The molecule has 5 heteroatoms. The van der Waals surface area contributed by atoms with Crippen LogP contribution in [0, 0.1) is 5.41 Å². The van der Waals surface area contributed by atoms with Gasteiger partial charge in [0.1, 0.15) is 5.76 Å². The van der Waals surface area contributed by atoms with Crippen LogP contribution in [0.15, 0.2) is 28.8 Å². The van der Waals surface area contributed by atoms with Crippen molar-refractivity contribution in [2.75, 3.05) is 6.54 Å². The molecule has 20 heavy (non-hydrogen) atoms. The zero-order chi connectivity index (χ0) is 14.0. The zero-order valence-electron chi connectivity index (χ0n) is 11.3. The normalized spacial score (nSPS) is 17.6. The number of hydrogen-bond acceptors (Lipinski definition) is 4. The molecule has 106 valence electrons. The van der Waals surface area contributed by atoms with Gasteiger partial charge in [0.15, 0.2) is 0 Å². The molecule has 0 radical (unpaired) electrons. The molecule has 2 aromatic heterocycles. The van der Waals surface area contributed by atoms with Crippen LogP contribution in [-0.4, -0.2) is 22.6 Å². The van der Waals surface area contributed by atoms with Gasteiger partial charge in [-0.25, -0.2) is 4.98 Å². The van der Waals surface area contributed by atoms with Crippen molar-refractivity contribution >= 4 is 17.1 Å². The summed E-state index contributed by atoms with van der Waals surface area (Å²) in [7, 11) is 0. The number of carboxylic acids is 1. The maximum Gasteiger partial charge on any atom is 0.310 e. The van der Waals surface area contributed by atoms with Gasteiger partial charge >= 0.3 is 5.97 Å². The van der Waals surface area contributed by atoms with Gasteiger partial charge in [0.05, 0.1) is 12.0 Å². The van der Waals surface area contributed by atoms with E-state index in [9.17, 15) is 9.90 Å². The molecule has 2 heterocycles. The number of pyridine rings is 1. The maximum absolute atomic E-state index is 11.4. The van der Waals surface area contributed by atoms with E-state index < -0.39 is 11.4 Å². The monoisotopic (exact) mass is 274 g/mol. The number of fused-ring (bicyclic) bond motifs is 1. The second-order valence-corrected chi connectivity index (χ2v) is 5.51. The second kappa shape index (κ2) is 5.25. The van der Waals surface area contributed by atoms with Crippen LogP contribution in [0.4, 0.5) is 0 Å². The SMILES string of the molecule is O=C(O)C1(CNCc2cc3cccnc3o2)CCCC1. The molecule has 2 aromatic rings. The van der Waals surface area contributed by atoms with E-state index in [0.29, 0.717) is 18.8 Å². The fraction of sp³-hybridized carbons (Fsp3) is 0.467. The molecular formula is C15H18N2O3. The molecule has 0 unspecified atom stereocenters. The number of hydrogen-bond donors (Lipinski definition) is 2. The van der Waals surface area contributed by atoms with Gasteiger partial charge in [0.2, 0.25) is 5.71 Å². The Bertz CT molecular complexity index is 581. The van der Waals surface area contributed by atoms with Gasteiger partial charge in [-0.3, -0.25) is 4.79 Å². The van der Waals surface area contributed by atoms with Crippen molar-refractivity contribution < 1.29 is 14.3 Å². The molecule has 1 saturated carbocycles. The Morgan fingerprint density at radius 1 is 1.45 bits per heavy atom. The minimum Gasteiger partial charge on any atom is -0.481 e. The van der Waals surface area contributed by atoms with Gasteiger partial charge < -0.3 is 14.8 Å². The molecule has 1 aliphatic carbocycles. The molecule has 1 fully saturated rings. The predicted octanol–water partition coefficient (Wildman–Crippen LogP) is 2.56. The standard InChI is InChI=1S/C15H18N2O3/c18-14(19)15(5-1-2-6-15)10-16-9-12-8-11-4-3-7-17-13(11)20-12/h3-4,7-8,16H,1-2,5-6,9-10H2,(H,18,19). The van der Waals surface area contributed by atoms with Crippen molar-refractivity contribution in [2.45, 2.75) is 32.2 Å². The number of rotatable bonds is 5. The smallest absolute Gasteiger partial charge is 0.310 e. The van der Waals surface area contributed by atoms with Gasteiger partial charge in [-0.2, -0.15) is 0 Å². The topological polar surface area (TPSA) is 75.4 Å². The summed E-state index contributed by atoms with van der Waals surface area (Å²) in [6.07, 6.45) is 5.22. The molecule has 2 N–H and O–H groups in total. The molecule has 1 aliphatic rings. The van der Waals surface area contributed by atoms with Crippen LogP contribution in [-0.2, 0) is 11.3 Å². The first-order valence-corrected chi connectivity index (χ1v) is 6.97. The summed E-state index contributed by atoms with van der Waals surface area (Å²) in [4.78, 5) is 15.6. The largest absolute Gasteiger partial charge is 0.481 e. The van der Waals surface area contributed by atoms with Crippen LogP contribution in [0.2, 0.25) is 0 Å². The maximum atomic E-state index is 11.4. The molecular weight excluding hydrogens is 256 g/mol. The summed E-state index contributed by atoms with van der Waals surface area (Å²) >= 11 is 0. The van der Waals surface area contributed by atoms with Crippen LogP contribution in [0.5, 0.6) is 0 Å². The van der Waals surface area contributed by atoms with E-state index in [0.717, 1.165) is 36.8 Å². The number of aliphatic carboxylic acids is 1. The molecule has 5 nitrogen and oxygen atoms in total. The van der Waals surface area contributed by atoms with Gasteiger partial charge in [-0.1, -0.05) is 12.8 Å². The summed E-state index contributed by atoms with van der Waals surface area (Å²) in [6.45, 7) is 1.03. The lowest BCUT2D eigenvalue weighted by molar-refractivity contribution is -0.148. The van der Waals surface area contributed by atoms with Crippen molar-refractivity contribution in [3.63, 3.8) is 0 Å². The van der Waals surface area contributed by atoms with Crippen molar-refractivity contribution in [3.8, 4) is 0 Å².